The van der Waals surface area contributed by atoms with Crippen LogP contribution in [0.2, 0.25) is 5.02 Å². The van der Waals surface area contributed by atoms with Gasteiger partial charge in [0, 0.05) is 11.9 Å². The predicted molar refractivity (Wildman–Crippen MR) is 92.2 cm³/mol. The summed E-state index contributed by atoms with van der Waals surface area (Å²) in [6.07, 6.45) is -1.48. The number of rotatable bonds is 3. The highest BCUT2D eigenvalue weighted by Gasteiger charge is 2.44. The molecule has 1 aliphatic rings. The zero-order chi connectivity index (χ0) is 18.8. The van der Waals surface area contributed by atoms with E-state index in [1.807, 2.05) is 12.1 Å². The summed E-state index contributed by atoms with van der Waals surface area (Å²) >= 11 is 5.88. The van der Waals surface area contributed by atoms with Crippen LogP contribution in [0, 0.1) is 0 Å². The van der Waals surface area contributed by atoms with Gasteiger partial charge in [-0.3, -0.25) is 4.90 Å². The second-order valence-electron chi connectivity index (χ2n) is 7.40. The van der Waals surface area contributed by atoms with Crippen molar-refractivity contribution in [3.05, 3.63) is 34.9 Å². The first kappa shape index (κ1) is 19.9. The highest BCUT2D eigenvalue weighted by molar-refractivity contribution is 6.30. The summed E-state index contributed by atoms with van der Waals surface area (Å²) in [7, 11) is 0. The summed E-state index contributed by atoms with van der Waals surface area (Å²) < 4.78 is 38.1. The van der Waals surface area contributed by atoms with Crippen molar-refractivity contribution in [1.29, 1.82) is 0 Å². The summed E-state index contributed by atoms with van der Waals surface area (Å²) in [6, 6.07) is 6.81. The van der Waals surface area contributed by atoms with Crippen LogP contribution in [-0.4, -0.2) is 47.8 Å². The van der Waals surface area contributed by atoms with Gasteiger partial charge in [-0.05, 0) is 44.9 Å². The van der Waals surface area contributed by atoms with Crippen LogP contribution in [0.4, 0.5) is 13.6 Å². The minimum Gasteiger partial charge on any atom is -0.444 e. The monoisotopic (exact) mass is 375 g/mol. The number of morpholine rings is 1. The van der Waals surface area contributed by atoms with Gasteiger partial charge in [-0.25, -0.2) is 13.6 Å². The van der Waals surface area contributed by atoms with Crippen molar-refractivity contribution >= 4 is 17.7 Å². The molecule has 1 aromatic rings. The van der Waals surface area contributed by atoms with E-state index in [-0.39, 0.29) is 19.2 Å². The lowest BCUT2D eigenvalue weighted by molar-refractivity contribution is -0.167. The van der Waals surface area contributed by atoms with Crippen LogP contribution in [0.1, 0.15) is 33.3 Å². The molecule has 0 bridgehead atoms. The smallest absolute Gasteiger partial charge is 0.410 e. The average Bonchev–Trinajstić information content (AvgIpc) is 2.47. The standard InChI is InChI=1S/C18H24ClF2NO3/c1-17(2,3)25-16(23)22-10-15(18(4,20)21)24-11-14(22)9-12-5-7-13(19)8-6-12/h5-8,14-15H,9-11H2,1-4H3. The predicted octanol–water partition coefficient (Wildman–Crippen LogP) is 4.54. The normalized spacial score (nSPS) is 22.0. The van der Waals surface area contributed by atoms with E-state index < -0.39 is 23.7 Å². The van der Waals surface area contributed by atoms with Gasteiger partial charge in [-0.1, -0.05) is 23.7 Å². The number of alkyl halides is 2. The summed E-state index contributed by atoms with van der Waals surface area (Å²) in [6.45, 7) is 5.83. The number of hydrogen-bond acceptors (Lipinski definition) is 3. The van der Waals surface area contributed by atoms with Crippen LogP contribution in [0.3, 0.4) is 0 Å². The topological polar surface area (TPSA) is 38.8 Å². The van der Waals surface area contributed by atoms with Gasteiger partial charge >= 0.3 is 6.09 Å². The molecule has 7 heteroatoms. The van der Waals surface area contributed by atoms with Gasteiger partial charge in [-0.15, -0.1) is 0 Å². The maximum absolute atomic E-state index is 13.7. The fraction of sp³-hybridized carbons (Fsp3) is 0.611. The Hall–Kier alpha value is -1.40. The van der Waals surface area contributed by atoms with Gasteiger partial charge < -0.3 is 9.47 Å². The molecule has 2 rings (SSSR count). The lowest BCUT2D eigenvalue weighted by atomic mass is 10.0. The molecule has 0 saturated carbocycles. The van der Waals surface area contributed by atoms with E-state index in [2.05, 4.69) is 0 Å². The van der Waals surface area contributed by atoms with E-state index in [1.54, 1.807) is 32.9 Å². The first-order valence-electron chi connectivity index (χ1n) is 8.19. The van der Waals surface area contributed by atoms with Gasteiger partial charge in [-0.2, -0.15) is 0 Å². The molecule has 1 fully saturated rings. The number of ether oxygens (including phenoxy) is 2. The number of benzene rings is 1. The maximum Gasteiger partial charge on any atom is 0.410 e. The number of carbonyl (C=O) groups is 1. The van der Waals surface area contributed by atoms with E-state index in [0.29, 0.717) is 11.4 Å². The minimum absolute atomic E-state index is 0.0238. The van der Waals surface area contributed by atoms with Gasteiger partial charge in [0.2, 0.25) is 0 Å². The molecule has 1 saturated heterocycles. The minimum atomic E-state index is -3.04. The first-order chi connectivity index (χ1) is 11.5. The average molecular weight is 376 g/mol. The quantitative estimate of drug-likeness (QED) is 0.778. The lowest BCUT2D eigenvalue weighted by Crippen LogP contribution is -2.57. The molecule has 2 unspecified atom stereocenters. The Morgan fingerprint density at radius 2 is 1.88 bits per heavy atom. The van der Waals surface area contributed by atoms with Crippen molar-refractivity contribution in [2.45, 2.75) is 57.8 Å². The summed E-state index contributed by atoms with van der Waals surface area (Å²) in [5, 5.41) is 0.610. The fourth-order valence-electron chi connectivity index (χ4n) is 2.61. The van der Waals surface area contributed by atoms with Crippen molar-refractivity contribution < 1.29 is 23.0 Å². The number of carbonyl (C=O) groups excluding carboxylic acids is 1. The van der Waals surface area contributed by atoms with E-state index >= 15 is 0 Å². The van der Waals surface area contributed by atoms with Crippen molar-refractivity contribution in [3.63, 3.8) is 0 Å². The first-order valence-corrected chi connectivity index (χ1v) is 8.57. The molecule has 0 aromatic heterocycles. The third kappa shape index (κ3) is 5.82. The summed E-state index contributed by atoms with van der Waals surface area (Å²) in [5.74, 6) is -3.04. The number of amides is 1. The highest BCUT2D eigenvalue weighted by Crippen LogP contribution is 2.28. The lowest BCUT2D eigenvalue weighted by Gasteiger charge is -2.41. The fourth-order valence-corrected chi connectivity index (χ4v) is 2.74. The van der Waals surface area contributed by atoms with Crippen LogP contribution >= 0.6 is 11.6 Å². The summed E-state index contributed by atoms with van der Waals surface area (Å²) in [4.78, 5) is 13.9. The van der Waals surface area contributed by atoms with E-state index in [1.165, 1.54) is 4.90 Å². The highest BCUT2D eigenvalue weighted by atomic mass is 35.5. The van der Waals surface area contributed by atoms with Crippen molar-refractivity contribution in [1.82, 2.24) is 4.90 Å². The van der Waals surface area contributed by atoms with Crippen molar-refractivity contribution in [3.8, 4) is 0 Å². The van der Waals surface area contributed by atoms with E-state index in [9.17, 15) is 13.6 Å². The molecule has 1 amide bonds. The molecule has 0 N–H and O–H groups in total. The Bertz CT molecular complexity index is 596. The molecular formula is C18H24ClF2NO3. The number of hydrogen-bond donors (Lipinski definition) is 0. The van der Waals surface area contributed by atoms with E-state index in [4.69, 9.17) is 21.1 Å². The number of halogens is 3. The molecule has 1 heterocycles. The van der Waals surface area contributed by atoms with Gasteiger partial charge in [0.05, 0.1) is 19.2 Å². The Kier molecular flexibility index (Phi) is 5.94. The maximum atomic E-state index is 13.7. The third-order valence-corrected chi connectivity index (χ3v) is 4.12. The van der Waals surface area contributed by atoms with E-state index in [0.717, 1.165) is 12.5 Å². The molecule has 4 nitrogen and oxygen atoms in total. The second kappa shape index (κ2) is 7.46. The molecule has 0 aliphatic carbocycles. The van der Waals surface area contributed by atoms with Gasteiger partial charge in [0.15, 0.2) is 0 Å². The molecule has 0 spiro atoms. The SMILES string of the molecule is CC(C)(C)OC(=O)N1CC(C(C)(F)F)OCC1Cc1ccc(Cl)cc1. The van der Waals surface area contributed by atoms with Crippen LogP contribution < -0.4 is 0 Å². The zero-order valence-corrected chi connectivity index (χ0v) is 15.6. The molecule has 140 valence electrons. The third-order valence-electron chi connectivity index (χ3n) is 3.87. The molecule has 25 heavy (non-hydrogen) atoms. The Morgan fingerprint density at radius 1 is 1.28 bits per heavy atom. The van der Waals surface area contributed by atoms with Crippen LogP contribution in [0.5, 0.6) is 0 Å². The zero-order valence-electron chi connectivity index (χ0n) is 14.9. The van der Waals surface area contributed by atoms with Gasteiger partial charge in [0.1, 0.15) is 11.7 Å². The van der Waals surface area contributed by atoms with Gasteiger partial charge in [0.25, 0.3) is 5.92 Å². The molecule has 1 aliphatic heterocycles. The molecule has 0 radical (unpaired) electrons. The Balaban J connectivity index is 2.17. The Labute approximate surface area is 152 Å². The summed E-state index contributed by atoms with van der Waals surface area (Å²) in [5.41, 5.74) is 0.234. The second-order valence-corrected chi connectivity index (χ2v) is 7.83. The molecular weight excluding hydrogens is 352 g/mol. The van der Waals surface area contributed by atoms with Crippen molar-refractivity contribution in [2.75, 3.05) is 13.2 Å². The largest absolute Gasteiger partial charge is 0.444 e. The van der Waals surface area contributed by atoms with Crippen molar-refractivity contribution in [2.24, 2.45) is 0 Å². The van der Waals surface area contributed by atoms with Crippen LogP contribution in [0.25, 0.3) is 0 Å². The van der Waals surface area contributed by atoms with Crippen LogP contribution in [-0.2, 0) is 15.9 Å². The van der Waals surface area contributed by atoms with Crippen LogP contribution in [0.15, 0.2) is 24.3 Å². The Morgan fingerprint density at radius 3 is 2.40 bits per heavy atom. The molecule has 2 atom stereocenters. The number of nitrogens with zero attached hydrogens (tertiary/aromatic N) is 1. The molecule has 1 aromatic carbocycles.